The number of hydrogen-bond donors (Lipinski definition) is 0. The van der Waals surface area contributed by atoms with Gasteiger partial charge < -0.3 is 0 Å². The lowest BCUT2D eigenvalue weighted by molar-refractivity contribution is -0.123. The van der Waals surface area contributed by atoms with E-state index in [-0.39, 0.29) is 5.92 Å². The van der Waals surface area contributed by atoms with Crippen LogP contribution in [0, 0.1) is 5.92 Å². The molecule has 94 valence electrons. The Hall–Kier alpha value is -1.22. The number of ketones is 1. The van der Waals surface area contributed by atoms with E-state index < -0.39 is 0 Å². The van der Waals surface area contributed by atoms with Gasteiger partial charge in [-0.25, -0.2) is 0 Å². The van der Waals surface area contributed by atoms with Crippen molar-refractivity contribution in [3.05, 3.63) is 30.1 Å². The molecule has 0 radical (unpaired) electrons. The standard InChI is InChI=1S/C14H22N2O/c1-4-12(2)14(17)11-16(3)10-8-13-7-5-6-9-15-13/h5-7,9,12H,4,8,10-11H2,1-3H3. The lowest BCUT2D eigenvalue weighted by Crippen LogP contribution is -2.30. The molecule has 1 unspecified atom stereocenters. The van der Waals surface area contributed by atoms with Crippen molar-refractivity contribution in [2.45, 2.75) is 26.7 Å². The zero-order valence-corrected chi connectivity index (χ0v) is 11.0. The minimum Gasteiger partial charge on any atom is -0.299 e. The highest BCUT2D eigenvalue weighted by Gasteiger charge is 2.12. The second kappa shape index (κ2) is 7.17. The highest BCUT2D eigenvalue weighted by molar-refractivity contribution is 5.82. The molecule has 0 aliphatic rings. The normalized spacial score (nSPS) is 12.7. The Labute approximate surface area is 104 Å². The van der Waals surface area contributed by atoms with Crippen molar-refractivity contribution in [2.24, 2.45) is 5.92 Å². The molecular formula is C14H22N2O. The summed E-state index contributed by atoms with van der Waals surface area (Å²) in [5, 5.41) is 0. The van der Waals surface area contributed by atoms with Crippen LogP contribution in [0.5, 0.6) is 0 Å². The third kappa shape index (κ3) is 5.09. The van der Waals surface area contributed by atoms with Gasteiger partial charge in [-0.3, -0.25) is 14.7 Å². The molecule has 1 atom stereocenters. The molecule has 3 heteroatoms. The first-order valence-corrected chi connectivity index (χ1v) is 6.24. The molecule has 0 saturated heterocycles. The molecule has 0 fully saturated rings. The highest BCUT2D eigenvalue weighted by Crippen LogP contribution is 2.03. The van der Waals surface area contributed by atoms with Crippen molar-refractivity contribution in [3.8, 4) is 0 Å². The fourth-order valence-electron chi connectivity index (χ4n) is 1.58. The maximum Gasteiger partial charge on any atom is 0.149 e. The average Bonchev–Trinajstić information content (AvgIpc) is 2.36. The first kappa shape index (κ1) is 13.8. The van der Waals surface area contributed by atoms with Crippen LogP contribution in [-0.4, -0.2) is 35.8 Å². The molecule has 17 heavy (non-hydrogen) atoms. The monoisotopic (exact) mass is 234 g/mol. The van der Waals surface area contributed by atoms with Crippen molar-refractivity contribution in [1.29, 1.82) is 0 Å². The lowest BCUT2D eigenvalue weighted by Gasteiger charge is -2.17. The molecule has 0 amide bonds. The van der Waals surface area contributed by atoms with Gasteiger partial charge in [-0.2, -0.15) is 0 Å². The third-order valence-electron chi connectivity index (χ3n) is 3.06. The fourth-order valence-corrected chi connectivity index (χ4v) is 1.58. The van der Waals surface area contributed by atoms with Gasteiger partial charge in [0.05, 0.1) is 6.54 Å². The maximum absolute atomic E-state index is 11.7. The van der Waals surface area contributed by atoms with Crippen LogP contribution in [0.15, 0.2) is 24.4 Å². The summed E-state index contributed by atoms with van der Waals surface area (Å²) in [6.07, 6.45) is 3.62. The Morgan fingerprint density at radius 2 is 2.24 bits per heavy atom. The van der Waals surface area contributed by atoms with Crippen molar-refractivity contribution >= 4 is 5.78 Å². The summed E-state index contributed by atoms with van der Waals surface area (Å²) in [5.74, 6) is 0.503. The topological polar surface area (TPSA) is 33.2 Å². The van der Waals surface area contributed by atoms with E-state index in [1.54, 1.807) is 6.20 Å². The van der Waals surface area contributed by atoms with E-state index >= 15 is 0 Å². The van der Waals surface area contributed by atoms with Gasteiger partial charge in [0.15, 0.2) is 0 Å². The van der Waals surface area contributed by atoms with Gasteiger partial charge in [0, 0.05) is 30.8 Å². The van der Waals surface area contributed by atoms with Gasteiger partial charge in [-0.1, -0.05) is 19.9 Å². The van der Waals surface area contributed by atoms with Crippen LogP contribution in [0.1, 0.15) is 26.0 Å². The van der Waals surface area contributed by atoms with Crippen molar-refractivity contribution in [1.82, 2.24) is 9.88 Å². The largest absolute Gasteiger partial charge is 0.299 e. The summed E-state index contributed by atoms with van der Waals surface area (Å²) in [5.41, 5.74) is 1.08. The summed E-state index contributed by atoms with van der Waals surface area (Å²) in [4.78, 5) is 18.1. The average molecular weight is 234 g/mol. The second-order valence-electron chi connectivity index (χ2n) is 4.58. The van der Waals surface area contributed by atoms with Gasteiger partial charge in [-0.05, 0) is 25.6 Å². The fraction of sp³-hybridized carbons (Fsp3) is 0.571. The minimum atomic E-state index is 0.173. The number of rotatable bonds is 7. The molecular weight excluding hydrogens is 212 g/mol. The SMILES string of the molecule is CCC(C)C(=O)CN(C)CCc1ccccn1. The van der Waals surface area contributed by atoms with Crippen molar-refractivity contribution in [3.63, 3.8) is 0 Å². The predicted octanol–water partition coefficient (Wildman–Crippen LogP) is 2.17. The highest BCUT2D eigenvalue weighted by atomic mass is 16.1. The molecule has 3 nitrogen and oxygen atoms in total. The molecule has 0 aromatic carbocycles. The molecule has 0 aliphatic carbocycles. The lowest BCUT2D eigenvalue weighted by atomic mass is 10.0. The van der Waals surface area contributed by atoms with Gasteiger partial charge in [-0.15, -0.1) is 0 Å². The maximum atomic E-state index is 11.7. The summed E-state index contributed by atoms with van der Waals surface area (Å²) in [7, 11) is 1.99. The molecule has 0 spiro atoms. The first-order chi connectivity index (χ1) is 8.13. The molecule has 1 rings (SSSR count). The van der Waals surface area contributed by atoms with Gasteiger partial charge in [0.25, 0.3) is 0 Å². The van der Waals surface area contributed by atoms with E-state index in [1.807, 2.05) is 32.2 Å². The quantitative estimate of drug-likeness (QED) is 0.725. The molecule has 0 aliphatic heterocycles. The number of aromatic nitrogens is 1. The Bertz CT molecular complexity index is 337. The summed E-state index contributed by atoms with van der Waals surface area (Å²) in [6, 6.07) is 5.93. The summed E-state index contributed by atoms with van der Waals surface area (Å²) in [6.45, 7) is 5.46. The number of pyridine rings is 1. The van der Waals surface area contributed by atoms with Crippen LogP contribution in [0.4, 0.5) is 0 Å². The Kier molecular flexibility index (Phi) is 5.84. The van der Waals surface area contributed by atoms with E-state index in [0.717, 1.165) is 25.1 Å². The van der Waals surface area contributed by atoms with E-state index in [4.69, 9.17) is 0 Å². The van der Waals surface area contributed by atoms with E-state index in [1.165, 1.54) is 0 Å². The van der Waals surface area contributed by atoms with Crippen LogP contribution >= 0.6 is 0 Å². The van der Waals surface area contributed by atoms with Crippen LogP contribution in [0.3, 0.4) is 0 Å². The summed E-state index contributed by atoms with van der Waals surface area (Å²) >= 11 is 0. The zero-order valence-electron chi connectivity index (χ0n) is 11.0. The molecule has 0 bridgehead atoms. The van der Waals surface area contributed by atoms with Gasteiger partial charge >= 0.3 is 0 Å². The van der Waals surface area contributed by atoms with Crippen LogP contribution < -0.4 is 0 Å². The predicted molar refractivity (Wildman–Crippen MR) is 69.9 cm³/mol. The van der Waals surface area contributed by atoms with E-state index in [2.05, 4.69) is 16.8 Å². The molecule has 0 saturated carbocycles. The van der Waals surface area contributed by atoms with Gasteiger partial charge in [0.1, 0.15) is 5.78 Å². The second-order valence-corrected chi connectivity index (χ2v) is 4.58. The number of Topliss-reactive ketones (excluding diaryl/α,β-unsaturated/α-hetero) is 1. The Morgan fingerprint density at radius 3 is 2.82 bits per heavy atom. The first-order valence-electron chi connectivity index (χ1n) is 6.24. The van der Waals surface area contributed by atoms with Crippen molar-refractivity contribution < 1.29 is 4.79 Å². The summed E-state index contributed by atoms with van der Waals surface area (Å²) < 4.78 is 0. The van der Waals surface area contributed by atoms with Gasteiger partial charge in [0.2, 0.25) is 0 Å². The van der Waals surface area contributed by atoms with Crippen LogP contribution in [0.2, 0.25) is 0 Å². The zero-order chi connectivity index (χ0) is 12.7. The van der Waals surface area contributed by atoms with Crippen LogP contribution in [-0.2, 0) is 11.2 Å². The van der Waals surface area contributed by atoms with Crippen LogP contribution in [0.25, 0.3) is 0 Å². The molecule has 1 aromatic heterocycles. The van der Waals surface area contributed by atoms with Crippen molar-refractivity contribution in [2.75, 3.05) is 20.1 Å². The number of carbonyl (C=O) groups is 1. The Balaban J connectivity index is 2.30. The molecule has 1 aromatic rings. The molecule has 0 N–H and O–H groups in total. The number of carbonyl (C=O) groups excluding carboxylic acids is 1. The number of hydrogen-bond acceptors (Lipinski definition) is 3. The molecule has 1 heterocycles. The third-order valence-corrected chi connectivity index (χ3v) is 3.06. The Morgan fingerprint density at radius 1 is 1.47 bits per heavy atom. The van der Waals surface area contributed by atoms with E-state index in [0.29, 0.717) is 12.3 Å². The number of nitrogens with zero attached hydrogens (tertiary/aromatic N) is 2. The smallest absolute Gasteiger partial charge is 0.149 e. The number of likely N-dealkylation sites (N-methyl/N-ethyl adjacent to an activating group) is 1. The minimum absolute atomic E-state index is 0.173. The van der Waals surface area contributed by atoms with E-state index in [9.17, 15) is 4.79 Å².